The second-order valence-corrected chi connectivity index (χ2v) is 6.76. The summed E-state index contributed by atoms with van der Waals surface area (Å²) in [7, 11) is 0. The Bertz CT molecular complexity index is 904. The van der Waals surface area contributed by atoms with E-state index in [4.69, 9.17) is 9.47 Å². The fraction of sp³-hybridized carbons (Fsp3) is 0.143. The van der Waals surface area contributed by atoms with Gasteiger partial charge in [0.2, 0.25) is 0 Å². The number of carbonyl (C=O) groups excluding carboxylic acids is 2. The summed E-state index contributed by atoms with van der Waals surface area (Å²) in [6, 6.07) is 17.9. The van der Waals surface area contributed by atoms with E-state index in [1.54, 1.807) is 30.3 Å². The molecule has 0 atom stereocenters. The highest BCUT2D eigenvalue weighted by Gasteiger charge is 2.11. The van der Waals surface area contributed by atoms with Crippen molar-refractivity contribution in [3.8, 4) is 5.75 Å². The van der Waals surface area contributed by atoms with Gasteiger partial charge in [0.1, 0.15) is 19.0 Å². The summed E-state index contributed by atoms with van der Waals surface area (Å²) in [6.45, 7) is 2.41. The van der Waals surface area contributed by atoms with Crippen LogP contribution in [0.4, 0.5) is 5.69 Å². The lowest BCUT2D eigenvalue weighted by Crippen LogP contribution is -2.14. The Kier molecular flexibility index (Phi) is 6.22. The number of hydrogen-bond donors (Lipinski definition) is 1. The van der Waals surface area contributed by atoms with Crippen LogP contribution in [0.25, 0.3) is 0 Å². The van der Waals surface area contributed by atoms with Gasteiger partial charge in [-0.3, -0.25) is 4.79 Å². The molecule has 0 aliphatic rings. The largest absolute Gasteiger partial charge is 0.490 e. The number of nitrogens with one attached hydrogen (secondary N) is 1. The summed E-state index contributed by atoms with van der Waals surface area (Å²) in [5.41, 5.74) is 2.06. The molecule has 0 bridgehead atoms. The van der Waals surface area contributed by atoms with E-state index < -0.39 is 5.97 Å². The predicted molar refractivity (Wildman–Crippen MR) is 106 cm³/mol. The first-order chi connectivity index (χ1) is 13.1. The second kappa shape index (κ2) is 9.00. The van der Waals surface area contributed by atoms with Crippen LogP contribution in [0.2, 0.25) is 0 Å². The quantitative estimate of drug-likeness (QED) is 0.482. The second-order valence-electron chi connectivity index (χ2n) is 5.81. The molecule has 1 N–H and O–H groups in total. The van der Waals surface area contributed by atoms with Crippen molar-refractivity contribution in [2.24, 2.45) is 0 Å². The lowest BCUT2D eigenvalue weighted by Gasteiger charge is -2.09. The first-order valence-corrected chi connectivity index (χ1v) is 9.31. The molecule has 0 aliphatic carbocycles. The number of anilines is 1. The van der Waals surface area contributed by atoms with Crippen molar-refractivity contribution in [2.75, 3.05) is 18.5 Å². The van der Waals surface area contributed by atoms with Gasteiger partial charge in [-0.2, -0.15) is 0 Å². The Balaban J connectivity index is 1.49. The molecule has 27 heavy (non-hydrogen) atoms. The van der Waals surface area contributed by atoms with Crippen molar-refractivity contribution in [3.05, 3.63) is 82.0 Å². The summed E-state index contributed by atoms with van der Waals surface area (Å²) in [4.78, 5) is 24.9. The van der Waals surface area contributed by atoms with Gasteiger partial charge >= 0.3 is 5.97 Å². The number of amides is 1. The normalized spacial score (nSPS) is 10.3. The molecule has 138 valence electrons. The van der Waals surface area contributed by atoms with E-state index in [1.807, 2.05) is 42.6 Å². The number of thiophene rings is 1. The number of ether oxygens (including phenoxy) is 2. The molecule has 5 nitrogen and oxygen atoms in total. The third-order valence-corrected chi connectivity index (χ3v) is 4.58. The first kappa shape index (κ1) is 18.7. The minimum atomic E-state index is -0.463. The molecule has 3 rings (SSSR count). The molecule has 1 heterocycles. The smallest absolute Gasteiger partial charge is 0.338 e. The summed E-state index contributed by atoms with van der Waals surface area (Å²) in [5.74, 6) is 0.0617. The van der Waals surface area contributed by atoms with Crippen LogP contribution in [0.3, 0.4) is 0 Å². The average molecular weight is 381 g/mol. The number of carbonyl (C=O) groups is 2. The van der Waals surface area contributed by atoms with Crippen molar-refractivity contribution >= 4 is 28.9 Å². The molecule has 0 saturated heterocycles. The van der Waals surface area contributed by atoms with Crippen LogP contribution in [0.1, 0.15) is 25.6 Å². The van der Waals surface area contributed by atoms with Gasteiger partial charge in [0.05, 0.1) is 10.4 Å². The zero-order chi connectivity index (χ0) is 19.1. The molecule has 1 amide bonds. The van der Waals surface area contributed by atoms with E-state index in [9.17, 15) is 9.59 Å². The zero-order valence-electron chi connectivity index (χ0n) is 14.8. The van der Waals surface area contributed by atoms with Gasteiger partial charge in [-0.05, 0) is 48.7 Å². The van der Waals surface area contributed by atoms with Crippen molar-refractivity contribution in [1.82, 2.24) is 0 Å². The number of benzene rings is 2. The summed E-state index contributed by atoms with van der Waals surface area (Å²) in [5, 5.41) is 4.61. The molecule has 2 aromatic carbocycles. The van der Waals surface area contributed by atoms with Crippen LogP contribution in [-0.2, 0) is 4.74 Å². The van der Waals surface area contributed by atoms with Crippen LogP contribution in [0, 0.1) is 6.92 Å². The molecular formula is C21H19NO4S. The fourth-order valence-corrected chi connectivity index (χ4v) is 2.96. The van der Waals surface area contributed by atoms with Crippen LogP contribution >= 0.6 is 11.3 Å². The number of rotatable bonds is 7. The molecule has 0 unspecified atom stereocenters. The molecule has 0 aliphatic heterocycles. The van der Waals surface area contributed by atoms with E-state index in [-0.39, 0.29) is 19.1 Å². The number of esters is 1. The Morgan fingerprint density at radius 3 is 2.56 bits per heavy atom. The summed E-state index contributed by atoms with van der Waals surface area (Å²) < 4.78 is 10.8. The van der Waals surface area contributed by atoms with Gasteiger partial charge in [0, 0.05) is 5.69 Å². The maximum Gasteiger partial charge on any atom is 0.338 e. The van der Waals surface area contributed by atoms with Crippen molar-refractivity contribution < 1.29 is 19.1 Å². The zero-order valence-corrected chi connectivity index (χ0v) is 15.6. The molecule has 0 spiro atoms. The molecule has 3 aromatic rings. The Labute approximate surface area is 161 Å². The first-order valence-electron chi connectivity index (χ1n) is 8.43. The highest BCUT2D eigenvalue weighted by atomic mass is 32.1. The fourth-order valence-electron chi connectivity index (χ4n) is 2.34. The molecule has 0 saturated carbocycles. The number of aryl methyl sites for hydroxylation is 1. The van der Waals surface area contributed by atoms with Crippen molar-refractivity contribution in [2.45, 2.75) is 6.92 Å². The molecule has 0 fully saturated rings. The summed E-state index contributed by atoms with van der Waals surface area (Å²) in [6.07, 6.45) is 0. The van der Waals surface area contributed by atoms with E-state index in [2.05, 4.69) is 5.32 Å². The van der Waals surface area contributed by atoms with Crippen molar-refractivity contribution in [1.29, 1.82) is 0 Å². The third-order valence-electron chi connectivity index (χ3n) is 3.71. The Morgan fingerprint density at radius 2 is 1.81 bits per heavy atom. The summed E-state index contributed by atoms with van der Waals surface area (Å²) >= 11 is 1.36. The monoisotopic (exact) mass is 381 g/mol. The predicted octanol–water partition coefficient (Wildman–Crippen LogP) is 4.54. The standard InChI is InChI=1S/C21H19NO4S/c1-15-7-9-18(10-8-15)25-11-12-26-21(24)16-4-2-5-17(14-16)22-20(23)19-6-3-13-27-19/h2-10,13-14H,11-12H2,1H3,(H,22,23). The van der Waals surface area contributed by atoms with Crippen LogP contribution in [0.5, 0.6) is 5.75 Å². The Hall–Kier alpha value is -3.12. The van der Waals surface area contributed by atoms with E-state index in [1.165, 1.54) is 11.3 Å². The molecule has 0 radical (unpaired) electrons. The van der Waals surface area contributed by atoms with Gasteiger partial charge < -0.3 is 14.8 Å². The highest BCUT2D eigenvalue weighted by molar-refractivity contribution is 7.12. The van der Waals surface area contributed by atoms with E-state index in [0.29, 0.717) is 16.1 Å². The SMILES string of the molecule is Cc1ccc(OCCOC(=O)c2cccc(NC(=O)c3cccs3)c2)cc1. The van der Waals surface area contributed by atoms with Crippen molar-refractivity contribution in [3.63, 3.8) is 0 Å². The topological polar surface area (TPSA) is 64.6 Å². The van der Waals surface area contributed by atoms with Gasteiger partial charge in [0.15, 0.2) is 0 Å². The minimum absolute atomic E-state index is 0.137. The van der Waals surface area contributed by atoms with Gasteiger partial charge in [-0.1, -0.05) is 29.8 Å². The lowest BCUT2D eigenvalue weighted by molar-refractivity contribution is 0.0450. The van der Waals surface area contributed by atoms with Gasteiger partial charge in [-0.25, -0.2) is 4.79 Å². The van der Waals surface area contributed by atoms with Crippen LogP contribution < -0.4 is 10.1 Å². The minimum Gasteiger partial charge on any atom is -0.490 e. The molecule has 6 heteroatoms. The van der Waals surface area contributed by atoms with E-state index in [0.717, 1.165) is 11.3 Å². The molecule has 1 aromatic heterocycles. The number of hydrogen-bond acceptors (Lipinski definition) is 5. The van der Waals surface area contributed by atoms with E-state index >= 15 is 0 Å². The van der Waals surface area contributed by atoms with Gasteiger partial charge in [-0.15, -0.1) is 11.3 Å². The van der Waals surface area contributed by atoms with Crippen LogP contribution in [-0.4, -0.2) is 25.1 Å². The molecular weight excluding hydrogens is 362 g/mol. The maximum absolute atomic E-state index is 12.2. The van der Waals surface area contributed by atoms with Gasteiger partial charge in [0.25, 0.3) is 5.91 Å². The Morgan fingerprint density at radius 1 is 1.00 bits per heavy atom. The highest BCUT2D eigenvalue weighted by Crippen LogP contribution is 2.16. The average Bonchev–Trinajstić information content (AvgIpc) is 3.22. The lowest BCUT2D eigenvalue weighted by atomic mass is 10.2. The third kappa shape index (κ3) is 5.43. The maximum atomic E-state index is 12.2. The van der Waals surface area contributed by atoms with Crippen LogP contribution in [0.15, 0.2) is 66.0 Å².